The maximum atomic E-state index is 6.03. The molecule has 3 rings (SSSR count). The summed E-state index contributed by atoms with van der Waals surface area (Å²) in [4.78, 5) is 15.5. The van der Waals surface area contributed by atoms with E-state index in [0.29, 0.717) is 24.6 Å². The van der Waals surface area contributed by atoms with Crippen LogP contribution < -0.4 is 5.73 Å². The number of aromatic nitrogens is 5. The lowest BCUT2D eigenvalue weighted by atomic mass is 10.2. The first-order valence-corrected chi connectivity index (χ1v) is 6.26. The third-order valence-electron chi connectivity index (χ3n) is 2.86. The van der Waals surface area contributed by atoms with Gasteiger partial charge in [-0.2, -0.15) is 4.98 Å². The monoisotopic (exact) mass is 270 g/mol. The summed E-state index contributed by atoms with van der Waals surface area (Å²) in [5, 5.41) is 3.93. The molecule has 7 heteroatoms. The van der Waals surface area contributed by atoms with E-state index in [-0.39, 0.29) is 6.04 Å². The number of nitrogens with zero attached hydrogens (tertiary/aromatic N) is 4. The predicted octanol–water partition coefficient (Wildman–Crippen LogP) is 1.02. The summed E-state index contributed by atoms with van der Waals surface area (Å²) in [5.74, 6) is 1.00. The Bertz CT molecular complexity index is 649. The lowest BCUT2D eigenvalue weighted by Crippen LogP contribution is -2.14. The van der Waals surface area contributed by atoms with Crippen LogP contribution in [-0.4, -0.2) is 25.1 Å². The Hall–Kier alpha value is -2.54. The van der Waals surface area contributed by atoms with Crippen LogP contribution in [-0.2, 0) is 12.8 Å². The van der Waals surface area contributed by atoms with Crippen LogP contribution in [0.25, 0.3) is 0 Å². The maximum absolute atomic E-state index is 6.03. The minimum absolute atomic E-state index is 0.347. The van der Waals surface area contributed by atoms with Crippen LogP contribution in [0.15, 0.2) is 41.4 Å². The zero-order valence-corrected chi connectivity index (χ0v) is 10.7. The first kappa shape index (κ1) is 12.5. The van der Waals surface area contributed by atoms with Crippen molar-refractivity contribution >= 4 is 0 Å². The normalized spacial score (nSPS) is 12.4. The largest absolute Gasteiger partial charge is 0.348 e. The van der Waals surface area contributed by atoms with Gasteiger partial charge in [0.05, 0.1) is 18.8 Å². The van der Waals surface area contributed by atoms with Gasteiger partial charge in [0, 0.05) is 30.2 Å². The second-order valence-corrected chi connectivity index (χ2v) is 4.43. The Morgan fingerprint density at radius 3 is 3.05 bits per heavy atom. The average molecular weight is 270 g/mol. The van der Waals surface area contributed by atoms with E-state index in [9.17, 15) is 0 Å². The fourth-order valence-corrected chi connectivity index (χ4v) is 1.88. The Labute approximate surface area is 115 Å². The maximum Gasteiger partial charge on any atom is 0.243 e. The molecule has 3 aromatic rings. The molecule has 20 heavy (non-hydrogen) atoms. The Kier molecular flexibility index (Phi) is 3.51. The molecule has 3 heterocycles. The van der Waals surface area contributed by atoms with Gasteiger partial charge in [-0.3, -0.25) is 4.98 Å². The highest BCUT2D eigenvalue weighted by Crippen LogP contribution is 2.13. The van der Waals surface area contributed by atoms with Gasteiger partial charge < -0.3 is 15.2 Å². The molecule has 0 radical (unpaired) electrons. The van der Waals surface area contributed by atoms with E-state index in [1.54, 1.807) is 18.7 Å². The number of nitrogens with two attached hydrogens (primary N) is 1. The molecule has 0 aliphatic heterocycles. The van der Waals surface area contributed by atoms with Gasteiger partial charge in [-0.15, -0.1) is 0 Å². The van der Waals surface area contributed by atoms with E-state index in [0.717, 1.165) is 11.4 Å². The van der Waals surface area contributed by atoms with E-state index >= 15 is 0 Å². The lowest BCUT2D eigenvalue weighted by Gasteiger charge is -2.03. The summed E-state index contributed by atoms with van der Waals surface area (Å²) >= 11 is 0. The fourth-order valence-electron chi connectivity index (χ4n) is 1.88. The minimum Gasteiger partial charge on any atom is -0.348 e. The van der Waals surface area contributed by atoms with Crippen LogP contribution in [0.1, 0.15) is 29.1 Å². The Morgan fingerprint density at radius 1 is 1.35 bits per heavy atom. The molecule has 3 aromatic heterocycles. The molecule has 0 aliphatic rings. The van der Waals surface area contributed by atoms with Crippen molar-refractivity contribution in [2.45, 2.75) is 18.9 Å². The number of nitrogens with one attached hydrogen (secondary N) is 1. The van der Waals surface area contributed by atoms with E-state index < -0.39 is 0 Å². The summed E-state index contributed by atoms with van der Waals surface area (Å²) in [6, 6.07) is 5.36. The van der Waals surface area contributed by atoms with Crippen LogP contribution in [0.3, 0.4) is 0 Å². The molecule has 3 N–H and O–H groups in total. The van der Waals surface area contributed by atoms with Crippen LogP contribution >= 0.6 is 0 Å². The van der Waals surface area contributed by atoms with E-state index in [2.05, 4.69) is 25.1 Å². The van der Waals surface area contributed by atoms with Crippen molar-refractivity contribution in [1.82, 2.24) is 25.1 Å². The number of hydrogen-bond acceptors (Lipinski definition) is 6. The molecule has 0 saturated carbocycles. The van der Waals surface area contributed by atoms with E-state index in [1.807, 2.05) is 18.2 Å². The second-order valence-electron chi connectivity index (χ2n) is 4.43. The van der Waals surface area contributed by atoms with Gasteiger partial charge in [-0.25, -0.2) is 4.98 Å². The average Bonchev–Trinajstić information content (AvgIpc) is 3.11. The van der Waals surface area contributed by atoms with Crippen LogP contribution in [0.2, 0.25) is 0 Å². The van der Waals surface area contributed by atoms with Gasteiger partial charge in [0.15, 0.2) is 5.82 Å². The molecular formula is C13H14N6O. The van der Waals surface area contributed by atoms with Crippen molar-refractivity contribution in [3.63, 3.8) is 0 Å². The molecular weight excluding hydrogens is 256 g/mol. The Morgan fingerprint density at radius 2 is 2.30 bits per heavy atom. The summed E-state index contributed by atoms with van der Waals surface area (Å²) in [7, 11) is 0. The lowest BCUT2D eigenvalue weighted by molar-refractivity contribution is 0.350. The van der Waals surface area contributed by atoms with Crippen molar-refractivity contribution in [2.24, 2.45) is 5.73 Å². The number of rotatable bonds is 5. The summed E-state index contributed by atoms with van der Waals surface area (Å²) < 4.78 is 5.20. The number of aromatic amines is 1. The zero-order valence-electron chi connectivity index (χ0n) is 10.7. The van der Waals surface area contributed by atoms with Crippen molar-refractivity contribution in [2.75, 3.05) is 0 Å². The summed E-state index contributed by atoms with van der Waals surface area (Å²) in [6.07, 6.45) is 6.18. The topological polar surface area (TPSA) is 107 Å². The van der Waals surface area contributed by atoms with Gasteiger partial charge >= 0.3 is 0 Å². The quantitative estimate of drug-likeness (QED) is 0.717. The van der Waals surface area contributed by atoms with Crippen molar-refractivity contribution in [1.29, 1.82) is 0 Å². The van der Waals surface area contributed by atoms with Crippen molar-refractivity contribution in [3.05, 3.63) is 60.0 Å². The zero-order chi connectivity index (χ0) is 13.8. The molecule has 0 spiro atoms. The third kappa shape index (κ3) is 2.89. The third-order valence-corrected chi connectivity index (χ3v) is 2.86. The number of H-pyrrole nitrogens is 1. The molecule has 0 fully saturated rings. The van der Waals surface area contributed by atoms with Gasteiger partial charge in [-0.05, 0) is 12.1 Å². The van der Waals surface area contributed by atoms with Crippen LogP contribution in [0, 0.1) is 0 Å². The summed E-state index contributed by atoms with van der Waals surface area (Å²) in [6.45, 7) is 0. The molecule has 0 unspecified atom stereocenters. The van der Waals surface area contributed by atoms with E-state index in [4.69, 9.17) is 10.3 Å². The fraction of sp³-hybridized carbons (Fsp3) is 0.231. The molecule has 0 aliphatic carbocycles. The SMILES string of the molecule is N[C@H](Cc1cnc[nH]1)c1nc(Cc2ccccn2)no1. The highest BCUT2D eigenvalue weighted by Gasteiger charge is 2.16. The smallest absolute Gasteiger partial charge is 0.243 e. The molecule has 0 amide bonds. The second kappa shape index (κ2) is 5.62. The molecule has 102 valence electrons. The highest BCUT2D eigenvalue weighted by molar-refractivity contribution is 5.10. The number of pyridine rings is 1. The standard InChI is InChI=1S/C13H14N6O/c14-11(5-10-7-15-8-17-10)13-18-12(19-20-13)6-9-3-1-2-4-16-9/h1-4,7-8,11H,5-6,14H2,(H,15,17)/t11-/m1/s1. The summed E-state index contributed by atoms with van der Waals surface area (Å²) in [5.41, 5.74) is 7.86. The molecule has 0 saturated heterocycles. The van der Waals surface area contributed by atoms with Crippen LogP contribution in [0.4, 0.5) is 0 Å². The Balaban J connectivity index is 1.67. The molecule has 0 bridgehead atoms. The first-order valence-electron chi connectivity index (χ1n) is 6.26. The minimum atomic E-state index is -0.347. The molecule has 1 atom stereocenters. The van der Waals surface area contributed by atoms with Crippen molar-refractivity contribution in [3.8, 4) is 0 Å². The van der Waals surface area contributed by atoms with Gasteiger partial charge in [0.25, 0.3) is 0 Å². The number of hydrogen-bond donors (Lipinski definition) is 2. The number of imidazole rings is 1. The van der Waals surface area contributed by atoms with Gasteiger partial charge in [-0.1, -0.05) is 11.2 Å². The van der Waals surface area contributed by atoms with Gasteiger partial charge in [0.1, 0.15) is 0 Å². The first-order chi connectivity index (χ1) is 9.81. The van der Waals surface area contributed by atoms with E-state index in [1.165, 1.54) is 0 Å². The predicted molar refractivity (Wildman–Crippen MR) is 70.6 cm³/mol. The molecule has 0 aromatic carbocycles. The molecule has 7 nitrogen and oxygen atoms in total. The highest BCUT2D eigenvalue weighted by atomic mass is 16.5. The van der Waals surface area contributed by atoms with Crippen molar-refractivity contribution < 1.29 is 4.52 Å². The van der Waals surface area contributed by atoms with Gasteiger partial charge in [0.2, 0.25) is 5.89 Å². The van der Waals surface area contributed by atoms with Crippen LogP contribution in [0.5, 0.6) is 0 Å².